The summed E-state index contributed by atoms with van der Waals surface area (Å²) in [6, 6.07) is 8.11. The number of carbonyl (C=O) groups excluding carboxylic acids is 1. The summed E-state index contributed by atoms with van der Waals surface area (Å²) in [6.07, 6.45) is 0.279. The van der Waals surface area contributed by atoms with Crippen molar-refractivity contribution in [2.75, 3.05) is 7.05 Å². The van der Waals surface area contributed by atoms with E-state index >= 15 is 0 Å². The van der Waals surface area contributed by atoms with Gasteiger partial charge in [0.25, 0.3) is 5.54 Å². The zero-order valence-electron chi connectivity index (χ0n) is 15.2. The number of amides is 1. The Morgan fingerprint density at radius 2 is 1.80 bits per heavy atom. The molecular formula is C16H23N3O4S2. The van der Waals surface area contributed by atoms with Crippen molar-refractivity contribution in [1.29, 1.82) is 0 Å². The molecule has 0 fully saturated rings. The van der Waals surface area contributed by atoms with E-state index in [1.807, 2.05) is 12.1 Å². The van der Waals surface area contributed by atoms with Crippen LogP contribution in [0.1, 0.15) is 40.2 Å². The first-order valence-corrected chi connectivity index (χ1v) is 9.63. The maximum atomic E-state index is 11.8. The highest BCUT2D eigenvalue weighted by molar-refractivity contribution is 8.75. The highest BCUT2D eigenvalue weighted by Crippen LogP contribution is 2.34. The largest absolute Gasteiger partial charge is 0.446 e. The zero-order chi connectivity index (χ0) is 19.3. The molecule has 1 amide bonds. The molecule has 0 aromatic heterocycles. The number of benzene rings is 1. The summed E-state index contributed by atoms with van der Waals surface area (Å²) in [6.45, 7) is 9.16. The summed E-state index contributed by atoms with van der Waals surface area (Å²) in [7, 11) is 4.12. The Hall–Kier alpha value is -1.74. The minimum Gasteiger partial charge on any atom is -0.297 e. The third kappa shape index (κ3) is 6.95. The Morgan fingerprint density at radius 1 is 1.24 bits per heavy atom. The average molecular weight is 386 g/mol. The molecule has 0 bridgehead atoms. The molecule has 0 atom stereocenters. The molecule has 0 spiro atoms. The third-order valence-electron chi connectivity index (χ3n) is 3.19. The van der Waals surface area contributed by atoms with Gasteiger partial charge in [0.15, 0.2) is 0 Å². The Morgan fingerprint density at radius 3 is 2.28 bits per heavy atom. The molecule has 25 heavy (non-hydrogen) atoms. The molecular weight excluding hydrogens is 362 g/mol. The van der Waals surface area contributed by atoms with Crippen LogP contribution >= 0.6 is 21.8 Å². The predicted molar refractivity (Wildman–Crippen MR) is 102 cm³/mol. The van der Waals surface area contributed by atoms with Gasteiger partial charge in [0.05, 0.1) is 0 Å². The molecule has 0 heterocycles. The molecule has 138 valence electrons. The lowest BCUT2D eigenvalue weighted by Gasteiger charge is -2.19. The maximum Gasteiger partial charge on any atom is 0.446 e. The average Bonchev–Trinajstić information content (AvgIpc) is 2.51. The van der Waals surface area contributed by atoms with Crippen LogP contribution in [0.2, 0.25) is 0 Å². The number of rotatable bonds is 6. The van der Waals surface area contributed by atoms with Crippen molar-refractivity contribution in [3.8, 4) is 0 Å². The fourth-order valence-electron chi connectivity index (χ4n) is 1.44. The molecule has 1 aromatic carbocycles. The summed E-state index contributed by atoms with van der Waals surface area (Å²) in [5.41, 5.74) is -0.0699. The highest BCUT2D eigenvalue weighted by Gasteiger charge is 2.28. The van der Waals surface area contributed by atoms with Crippen molar-refractivity contribution in [1.82, 2.24) is 4.31 Å². The predicted octanol–water partition coefficient (Wildman–Crippen LogP) is 4.75. The van der Waals surface area contributed by atoms with Gasteiger partial charge >= 0.3 is 6.09 Å². The first-order chi connectivity index (χ1) is 11.4. The zero-order valence-corrected chi connectivity index (χ0v) is 16.8. The van der Waals surface area contributed by atoms with Crippen LogP contribution in [0.3, 0.4) is 0 Å². The Bertz CT molecular complexity index is 640. The SMILES string of the molecule is CN(SSc1ccc(C(C)(C)C)cc1)C(=O)ON=CC(C)(C)[N+](=O)[O-]. The van der Waals surface area contributed by atoms with Gasteiger partial charge in [-0.25, -0.2) is 9.10 Å². The third-order valence-corrected chi connectivity index (χ3v) is 5.58. The summed E-state index contributed by atoms with van der Waals surface area (Å²) in [5, 5.41) is 14.1. The van der Waals surface area contributed by atoms with Crippen LogP contribution in [0.25, 0.3) is 0 Å². The number of hydrogen-bond donors (Lipinski definition) is 0. The topological polar surface area (TPSA) is 85.0 Å². The Kier molecular flexibility index (Phi) is 7.30. The maximum absolute atomic E-state index is 11.8. The Labute approximate surface area is 155 Å². The molecule has 1 rings (SSSR count). The molecule has 9 heteroatoms. The van der Waals surface area contributed by atoms with Crippen molar-refractivity contribution in [2.24, 2.45) is 5.16 Å². The van der Waals surface area contributed by atoms with Crippen molar-refractivity contribution in [2.45, 2.75) is 50.5 Å². The van der Waals surface area contributed by atoms with E-state index in [0.717, 1.165) is 11.1 Å². The van der Waals surface area contributed by atoms with Crippen LogP contribution in [-0.4, -0.2) is 34.1 Å². The summed E-state index contributed by atoms with van der Waals surface area (Å²) < 4.78 is 1.26. The summed E-state index contributed by atoms with van der Waals surface area (Å²) in [4.78, 5) is 27.7. The van der Waals surface area contributed by atoms with E-state index < -0.39 is 16.6 Å². The lowest BCUT2D eigenvalue weighted by atomic mass is 9.87. The summed E-state index contributed by atoms with van der Waals surface area (Å²) >= 11 is 0. The molecule has 0 N–H and O–H groups in total. The van der Waals surface area contributed by atoms with Crippen molar-refractivity contribution >= 4 is 34.1 Å². The van der Waals surface area contributed by atoms with Gasteiger partial charge in [0, 0.05) is 41.7 Å². The number of oxime groups is 1. The molecule has 0 aliphatic carbocycles. The van der Waals surface area contributed by atoms with Crippen LogP contribution in [0, 0.1) is 10.1 Å². The second-order valence-corrected chi connectivity index (χ2v) is 9.21. The minimum absolute atomic E-state index is 0.0898. The van der Waals surface area contributed by atoms with Gasteiger partial charge in [-0.1, -0.05) is 38.1 Å². The van der Waals surface area contributed by atoms with Gasteiger partial charge in [-0.2, -0.15) is 0 Å². The Balaban J connectivity index is 2.51. The van der Waals surface area contributed by atoms with Gasteiger partial charge in [-0.05, 0) is 33.9 Å². The van der Waals surface area contributed by atoms with E-state index in [-0.39, 0.29) is 5.41 Å². The standard InChI is InChI=1S/C16H23N3O4S2/c1-15(2,3)12-7-9-13(10-8-12)24-25-18(6)14(20)23-17-11-16(4,5)19(21)22/h7-11H,1-6H3. The lowest BCUT2D eigenvalue weighted by Crippen LogP contribution is -2.32. The molecule has 0 aliphatic heterocycles. The van der Waals surface area contributed by atoms with Gasteiger partial charge in [0.2, 0.25) is 0 Å². The second-order valence-electron chi connectivity index (χ2n) is 6.93. The quantitative estimate of drug-likeness (QED) is 0.175. The second kappa shape index (κ2) is 8.57. The smallest absolute Gasteiger partial charge is 0.297 e. The first-order valence-electron chi connectivity index (χ1n) is 7.52. The van der Waals surface area contributed by atoms with Crippen molar-refractivity contribution < 1.29 is 14.6 Å². The number of carbonyl (C=O) groups is 1. The van der Waals surface area contributed by atoms with Crippen LogP contribution in [-0.2, 0) is 10.3 Å². The minimum atomic E-state index is -1.39. The molecule has 0 radical (unpaired) electrons. The van der Waals surface area contributed by atoms with Gasteiger partial charge in [0.1, 0.15) is 6.21 Å². The van der Waals surface area contributed by atoms with Gasteiger partial charge in [-0.3, -0.25) is 15.0 Å². The van der Waals surface area contributed by atoms with E-state index in [2.05, 4.69) is 42.9 Å². The fraction of sp³-hybridized carbons (Fsp3) is 0.500. The van der Waals surface area contributed by atoms with Crippen molar-refractivity contribution in [3.63, 3.8) is 0 Å². The first kappa shape index (κ1) is 21.3. The molecule has 0 aliphatic rings. The fourth-order valence-corrected chi connectivity index (χ4v) is 3.09. The molecule has 7 nitrogen and oxygen atoms in total. The van der Waals surface area contributed by atoms with Crippen LogP contribution in [0.15, 0.2) is 34.3 Å². The van der Waals surface area contributed by atoms with Gasteiger partial charge in [-0.15, -0.1) is 0 Å². The number of hydrogen-bond acceptors (Lipinski definition) is 7. The van der Waals surface area contributed by atoms with Gasteiger partial charge < -0.3 is 0 Å². The van der Waals surface area contributed by atoms with Crippen LogP contribution in [0.5, 0.6) is 0 Å². The summed E-state index contributed by atoms with van der Waals surface area (Å²) in [5.74, 6) is 0. The van der Waals surface area contributed by atoms with Crippen molar-refractivity contribution in [3.05, 3.63) is 39.9 Å². The van der Waals surface area contributed by atoms with E-state index in [1.54, 1.807) is 0 Å². The van der Waals surface area contributed by atoms with Crippen LogP contribution in [0.4, 0.5) is 4.79 Å². The molecule has 1 aromatic rings. The number of nitrogens with zero attached hydrogens (tertiary/aromatic N) is 3. The highest BCUT2D eigenvalue weighted by atomic mass is 33.1. The van der Waals surface area contributed by atoms with Crippen LogP contribution < -0.4 is 0 Å². The van der Waals surface area contributed by atoms with E-state index in [0.29, 0.717) is 0 Å². The van der Waals surface area contributed by atoms with E-state index in [9.17, 15) is 14.9 Å². The van der Waals surface area contributed by atoms with E-state index in [4.69, 9.17) is 0 Å². The number of nitro groups is 1. The molecule has 0 unspecified atom stereocenters. The normalized spacial score (nSPS) is 12.2. The molecule has 0 saturated heterocycles. The monoisotopic (exact) mass is 385 g/mol. The van der Waals surface area contributed by atoms with E-state index in [1.165, 1.54) is 52.5 Å². The lowest BCUT2D eigenvalue weighted by molar-refractivity contribution is -0.536. The molecule has 0 saturated carbocycles.